The third kappa shape index (κ3) is 3.57. The molecular weight excluding hydrogens is 342 g/mol. The zero-order valence-electron chi connectivity index (χ0n) is 15.7. The molecule has 0 aliphatic carbocycles. The molecule has 3 heterocycles. The first-order chi connectivity index (χ1) is 13.2. The van der Waals surface area contributed by atoms with Gasteiger partial charge in [0.15, 0.2) is 11.5 Å². The minimum Gasteiger partial charge on any atom is -0.504 e. The Labute approximate surface area is 158 Å². The number of anilines is 1. The monoisotopic (exact) mass is 367 g/mol. The minimum absolute atomic E-state index is 0.133. The van der Waals surface area contributed by atoms with Gasteiger partial charge in [0.1, 0.15) is 17.2 Å². The second-order valence-corrected chi connectivity index (χ2v) is 6.88. The third-order valence-corrected chi connectivity index (χ3v) is 4.82. The van der Waals surface area contributed by atoms with Crippen molar-refractivity contribution in [2.24, 2.45) is 0 Å². The molecular formula is C21H25N3O3. The molecule has 142 valence electrons. The molecule has 1 aromatic carbocycles. The van der Waals surface area contributed by atoms with E-state index < -0.39 is 0 Å². The largest absolute Gasteiger partial charge is 0.504 e. The molecule has 1 saturated heterocycles. The van der Waals surface area contributed by atoms with Gasteiger partial charge in [0.2, 0.25) is 0 Å². The Morgan fingerprint density at radius 1 is 1.33 bits per heavy atom. The fourth-order valence-electron chi connectivity index (χ4n) is 3.47. The number of phenols is 1. The number of nitrogens with one attached hydrogen (secondary N) is 1. The van der Waals surface area contributed by atoms with Crippen LogP contribution in [-0.4, -0.2) is 40.4 Å². The molecule has 3 aromatic rings. The molecule has 1 atom stereocenters. The molecule has 4 rings (SSSR count). The second-order valence-electron chi connectivity index (χ2n) is 6.88. The maximum atomic E-state index is 10.0. The second kappa shape index (κ2) is 7.48. The van der Waals surface area contributed by atoms with E-state index in [1.54, 1.807) is 6.07 Å². The van der Waals surface area contributed by atoms with E-state index in [9.17, 15) is 5.11 Å². The van der Waals surface area contributed by atoms with Crippen LogP contribution in [-0.2, 0) is 4.74 Å². The molecule has 0 amide bonds. The summed E-state index contributed by atoms with van der Waals surface area (Å²) in [4.78, 5) is 4.82. The summed E-state index contributed by atoms with van der Waals surface area (Å²) >= 11 is 0. The highest BCUT2D eigenvalue weighted by Gasteiger charge is 2.19. The highest BCUT2D eigenvalue weighted by molar-refractivity contribution is 5.78. The number of hydrogen-bond donors (Lipinski definition) is 2. The molecule has 6 heteroatoms. The lowest BCUT2D eigenvalue weighted by Gasteiger charge is -2.14. The summed E-state index contributed by atoms with van der Waals surface area (Å²) in [6, 6.07) is 9.42. The fraction of sp³-hybridized carbons (Fsp3) is 0.381. The maximum absolute atomic E-state index is 10.0. The number of fused-ring (bicyclic) bond motifs is 1. The van der Waals surface area contributed by atoms with Crippen LogP contribution in [0.5, 0.6) is 11.5 Å². The van der Waals surface area contributed by atoms with Gasteiger partial charge in [-0.1, -0.05) is 6.07 Å². The number of imidazole rings is 1. The highest BCUT2D eigenvalue weighted by Crippen LogP contribution is 2.35. The number of hydrogen-bond acceptors (Lipinski definition) is 5. The first kappa shape index (κ1) is 17.7. The number of phenolic OH excluding ortho intramolecular Hbond substituents is 1. The van der Waals surface area contributed by atoms with Crippen molar-refractivity contribution in [3.8, 4) is 22.8 Å². The van der Waals surface area contributed by atoms with E-state index in [4.69, 9.17) is 14.5 Å². The molecule has 1 aliphatic heterocycles. The molecule has 6 nitrogen and oxygen atoms in total. The maximum Gasteiger partial charge on any atom is 0.161 e. The van der Waals surface area contributed by atoms with Crippen molar-refractivity contribution >= 4 is 11.5 Å². The normalized spacial score (nSPS) is 16.7. The van der Waals surface area contributed by atoms with Crippen LogP contribution in [0.25, 0.3) is 16.9 Å². The Bertz CT molecular complexity index is 945. The van der Waals surface area contributed by atoms with Gasteiger partial charge in [-0.2, -0.15) is 0 Å². The molecule has 0 spiro atoms. The smallest absolute Gasteiger partial charge is 0.161 e. The average Bonchev–Trinajstić information content (AvgIpc) is 3.29. The van der Waals surface area contributed by atoms with Crippen LogP contribution in [0.15, 0.2) is 36.5 Å². The van der Waals surface area contributed by atoms with Gasteiger partial charge in [-0.15, -0.1) is 0 Å². The van der Waals surface area contributed by atoms with Crippen LogP contribution < -0.4 is 10.1 Å². The Morgan fingerprint density at radius 2 is 2.22 bits per heavy atom. The van der Waals surface area contributed by atoms with E-state index in [-0.39, 0.29) is 11.9 Å². The van der Waals surface area contributed by atoms with Crippen molar-refractivity contribution in [3.05, 3.63) is 42.1 Å². The Kier molecular flexibility index (Phi) is 4.90. The molecule has 1 fully saturated rings. The molecule has 0 radical (unpaired) electrons. The summed E-state index contributed by atoms with van der Waals surface area (Å²) in [7, 11) is 0. The van der Waals surface area contributed by atoms with Crippen molar-refractivity contribution in [1.82, 2.24) is 9.38 Å². The predicted octanol–water partition coefficient (Wildman–Crippen LogP) is 4.00. The van der Waals surface area contributed by atoms with Crippen molar-refractivity contribution in [2.75, 3.05) is 25.1 Å². The first-order valence-electron chi connectivity index (χ1n) is 9.46. The summed E-state index contributed by atoms with van der Waals surface area (Å²) in [5.41, 5.74) is 3.76. The van der Waals surface area contributed by atoms with Crippen LogP contribution in [0, 0.1) is 6.92 Å². The van der Waals surface area contributed by atoms with E-state index in [1.807, 2.05) is 25.1 Å². The van der Waals surface area contributed by atoms with Gasteiger partial charge in [-0.3, -0.25) is 4.40 Å². The number of aryl methyl sites for hydroxylation is 1. The van der Waals surface area contributed by atoms with Gasteiger partial charge in [0.05, 0.1) is 12.7 Å². The minimum atomic E-state index is 0.133. The Balaban J connectivity index is 1.76. The van der Waals surface area contributed by atoms with Crippen molar-refractivity contribution in [2.45, 2.75) is 32.8 Å². The number of aromatic hydroxyl groups is 1. The number of aromatic nitrogens is 2. The summed E-state index contributed by atoms with van der Waals surface area (Å²) in [6.07, 6.45) is 4.49. The molecule has 0 saturated carbocycles. The molecule has 0 bridgehead atoms. The predicted molar refractivity (Wildman–Crippen MR) is 106 cm³/mol. The van der Waals surface area contributed by atoms with Gasteiger partial charge in [-0.25, -0.2) is 4.98 Å². The number of rotatable bonds is 6. The van der Waals surface area contributed by atoms with Crippen molar-refractivity contribution in [3.63, 3.8) is 0 Å². The van der Waals surface area contributed by atoms with Gasteiger partial charge < -0.3 is 19.9 Å². The van der Waals surface area contributed by atoms with Crippen LogP contribution in [0.2, 0.25) is 0 Å². The van der Waals surface area contributed by atoms with E-state index in [0.29, 0.717) is 12.4 Å². The van der Waals surface area contributed by atoms with Crippen LogP contribution in [0.4, 0.5) is 5.82 Å². The van der Waals surface area contributed by atoms with Crippen molar-refractivity contribution < 1.29 is 14.6 Å². The molecule has 1 aliphatic rings. The Morgan fingerprint density at radius 3 is 3.00 bits per heavy atom. The lowest BCUT2D eigenvalue weighted by Crippen LogP contribution is -2.19. The summed E-state index contributed by atoms with van der Waals surface area (Å²) in [6.45, 7) is 6.03. The van der Waals surface area contributed by atoms with E-state index >= 15 is 0 Å². The molecule has 27 heavy (non-hydrogen) atoms. The van der Waals surface area contributed by atoms with Gasteiger partial charge in [-0.05, 0) is 56.5 Å². The van der Waals surface area contributed by atoms with Crippen molar-refractivity contribution in [1.29, 1.82) is 0 Å². The lowest BCUT2D eigenvalue weighted by atomic mass is 10.1. The number of nitrogens with zero attached hydrogens (tertiary/aromatic N) is 2. The zero-order valence-corrected chi connectivity index (χ0v) is 15.7. The number of pyridine rings is 1. The lowest BCUT2D eigenvalue weighted by molar-refractivity contribution is 0.120. The fourth-order valence-corrected chi connectivity index (χ4v) is 3.47. The van der Waals surface area contributed by atoms with Gasteiger partial charge in [0, 0.05) is 24.9 Å². The van der Waals surface area contributed by atoms with Gasteiger partial charge >= 0.3 is 0 Å². The highest BCUT2D eigenvalue weighted by atomic mass is 16.5. The van der Waals surface area contributed by atoms with Crippen LogP contribution >= 0.6 is 0 Å². The quantitative estimate of drug-likeness (QED) is 0.689. The average molecular weight is 367 g/mol. The molecule has 2 N–H and O–H groups in total. The van der Waals surface area contributed by atoms with Gasteiger partial charge in [0.25, 0.3) is 0 Å². The van der Waals surface area contributed by atoms with E-state index in [1.165, 1.54) is 0 Å². The number of ether oxygens (including phenoxy) is 2. The summed E-state index contributed by atoms with van der Waals surface area (Å²) in [5.74, 6) is 1.53. The van der Waals surface area contributed by atoms with E-state index in [2.05, 4.69) is 28.9 Å². The molecule has 2 aromatic heterocycles. The van der Waals surface area contributed by atoms with Crippen LogP contribution in [0.1, 0.15) is 25.3 Å². The summed E-state index contributed by atoms with van der Waals surface area (Å²) < 4.78 is 13.4. The van der Waals surface area contributed by atoms with E-state index in [0.717, 1.165) is 54.3 Å². The Hall–Kier alpha value is -2.73. The molecule has 1 unspecified atom stereocenters. The standard InChI is InChI=1S/C21H25N3O3/c1-3-26-18-11-15(7-8-17(18)25)20-21(22-12-16-5-4-10-27-16)24-13-14(2)6-9-19(24)23-20/h6-9,11,13,16,22,25H,3-5,10,12H2,1-2H3. The third-order valence-electron chi connectivity index (χ3n) is 4.82. The zero-order chi connectivity index (χ0) is 18.8. The topological polar surface area (TPSA) is 68.0 Å². The SMILES string of the molecule is CCOc1cc(-c2nc3ccc(C)cn3c2NCC2CCCO2)ccc1O. The van der Waals surface area contributed by atoms with Crippen LogP contribution in [0.3, 0.4) is 0 Å². The first-order valence-corrected chi connectivity index (χ1v) is 9.46. The summed E-state index contributed by atoms with van der Waals surface area (Å²) in [5, 5.41) is 13.6. The number of benzene rings is 1.